The van der Waals surface area contributed by atoms with Gasteiger partial charge in [-0.05, 0) is 48.7 Å². The van der Waals surface area contributed by atoms with Gasteiger partial charge in [0.2, 0.25) is 0 Å². The lowest BCUT2D eigenvalue weighted by atomic mass is 9.99. The van der Waals surface area contributed by atoms with Crippen LogP contribution >= 0.6 is 0 Å². The number of aliphatic hydroxyl groups excluding tert-OH is 1. The van der Waals surface area contributed by atoms with Crippen molar-refractivity contribution in [1.82, 2.24) is 10.6 Å². The van der Waals surface area contributed by atoms with Gasteiger partial charge in [-0.15, -0.1) is 0 Å². The number of nitrogens with one attached hydrogen (secondary N) is 2. The van der Waals surface area contributed by atoms with Crippen molar-refractivity contribution in [2.75, 3.05) is 13.1 Å². The topological polar surface area (TPSA) is 61.4 Å². The van der Waals surface area contributed by atoms with Gasteiger partial charge in [0, 0.05) is 12.1 Å². The van der Waals surface area contributed by atoms with Crippen LogP contribution < -0.4 is 10.6 Å². The van der Waals surface area contributed by atoms with Crippen molar-refractivity contribution in [3.05, 3.63) is 59.7 Å². The molecule has 2 aromatic rings. The van der Waals surface area contributed by atoms with Gasteiger partial charge in [-0.25, -0.2) is 0 Å². The number of piperidine rings is 1. The van der Waals surface area contributed by atoms with E-state index in [0.29, 0.717) is 12.1 Å². The highest BCUT2D eigenvalue weighted by molar-refractivity contribution is 5.95. The average molecular weight is 310 g/mol. The Balaban J connectivity index is 1.72. The van der Waals surface area contributed by atoms with Gasteiger partial charge < -0.3 is 15.7 Å². The predicted molar refractivity (Wildman–Crippen MR) is 91.4 cm³/mol. The molecule has 0 saturated carbocycles. The van der Waals surface area contributed by atoms with Crippen LogP contribution in [-0.2, 0) is 0 Å². The van der Waals surface area contributed by atoms with Gasteiger partial charge in [0.15, 0.2) is 0 Å². The first-order valence-electron chi connectivity index (χ1n) is 8.01. The largest absolute Gasteiger partial charge is 0.390 e. The lowest BCUT2D eigenvalue weighted by molar-refractivity contribution is 0.0765. The van der Waals surface area contributed by atoms with E-state index >= 15 is 0 Å². The fraction of sp³-hybridized carbons (Fsp3) is 0.316. The van der Waals surface area contributed by atoms with Gasteiger partial charge >= 0.3 is 0 Å². The predicted octanol–water partition coefficient (Wildman–Crippen LogP) is 2.11. The molecule has 1 fully saturated rings. The molecule has 0 bridgehead atoms. The van der Waals surface area contributed by atoms with Crippen LogP contribution in [0.3, 0.4) is 0 Å². The van der Waals surface area contributed by atoms with E-state index in [0.717, 1.165) is 18.5 Å². The van der Waals surface area contributed by atoms with Gasteiger partial charge in [-0.1, -0.05) is 36.4 Å². The summed E-state index contributed by atoms with van der Waals surface area (Å²) in [5.74, 6) is -0.132. The average Bonchev–Trinajstić information content (AvgIpc) is 2.57. The van der Waals surface area contributed by atoms with Crippen LogP contribution in [0.1, 0.15) is 22.3 Å². The Labute approximate surface area is 136 Å². The number of carbonyl (C=O) groups excluding carboxylic acids is 1. The minimum absolute atomic E-state index is 0.132. The van der Waals surface area contributed by atoms with E-state index in [2.05, 4.69) is 29.7 Å². The van der Waals surface area contributed by atoms with Crippen molar-refractivity contribution in [1.29, 1.82) is 0 Å². The van der Waals surface area contributed by atoms with E-state index in [1.165, 1.54) is 11.1 Å². The van der Waals surface area contributed by atoms with E-state index in [9.17, 15) is 9.90 Å². The molecule has 1 heterocycles. The molecule has 1 amide bonds. The normalized spacial score (nSPS) is 21.0. The fourth-order valence-electron chi connectivity index (χ4n) is 2.96. The third-order valence-electron chi connectivity index (χ3n) is 4.37. The molecule has 4 heteroatoms. The van der Waals surface area contributed by atoms with Crippen LogP contribution in [0.2, 0.25) is 0 Å². The van der Waals surface area contributed by atoms with Crippen molar-refractivity contribution in [3.63, 3.8) is 0 Å². The van der Waals surface area contributed by atoms with Gasteiger partial charge in [-0.2, -0.15) is 0 Å². The smallest absolute Gasteiger partial charge is 0.251 e. The number of amides is 1. The van der Waals surface area contributed by atoms with Crippen LogP contribution in [0, 0.1) is 6.92 Å². The van der Waals surface area contributed by atoms with Gasteiger partial charge in [0.1, 0.15) is 0 Å². The van der Waals surface area contributed by atoms with Gasteiger partial charge in [-0.3, -0.25) is 4.79 Å². The third-order valence-corrected chi connectivity index (χ3v) is 4.37. The van der Waals surface area contributed by atoms with E-state index in [1.54, 1.807) is 0 Å². The maximum absolute atomic E-state index is 12.3. The number of β-amino-alcohol motifs (C(OH)–C–C–N with tert-alkyl or cyclic N) is 1. The second-order valence-corrected chi connectivity index (χ2v) is 6.03. The van der Waals surface area contributed by atoms with Gasteiger partial charge in [0.25, 0.3) is 5.91 Å². The minimum atomic E-state index is -0.529. The number of aliphatic hydroxyl groups is 1. The highest BCUT2D eigenvalue weighted by Crippen LogP contribution is 2.23. The molecule has 1 saturated heterocycles. The van der Waals surface area contributed by atoms with E-state index in [1.807, 2.05) is 36.4 Å². The van der Waals surface area contributed by atoms with Crippen LogP contribution in [0.5, 0.6) is 0 Å². The molecule has 2 atom stereocenters. The maximum atomic E-state index is 12.3. The molecule has 120 valence electrons. The molecule has 0 radical (unpaired) electrons. The zero-order chi connectivity index (χ0) is 16.2. The second kappa shape index (κ2) is 6.94. The van der Waals surface area contributed by atoms with Crippen molar-refractivity contribution >= 4 is 5.91 Å². The summed E-state index contributed by atoms with van der Waals surface area (Å²) in [6, 6.07) is 15.6. The summed E-state index contributed by atoms with van der Waals surface area (Å²) in [7, 11) is 0. The first-order chi connectivity index (χ1) is 11.1. The molecule has 23 heavy (non-hydrogen) atoms. The number of carbonyl (C=O) groups is 1. The second-order valence-electron chi connectivity index (χ2n) is 6.03. The van der Waals surface area contributed by atoms with Gasteiger partial charge in [0.05, 0.1) is 12.1 Å². The zero-order valence-corrected chi connectivity index (χ0v) is 13.3. The molecule has 0 aliphatic carbocycles. The summed E-state index contributed by atoms with van der Waals surface area (Å²) in [6.45, 7) is 3.42. The number of aryl methyl sites for hydroxylation is 1. The number of benzene rings is 2. The third kappa shape index (κ3) is 3.60. The summed E-state index contributed by atoms with van der Waals surface area (Å²) >= 11 is 0. The molecule has 0 aromatic heterocycles. The Morgan fingerprint density at radius 2 is 1.91 bits per heavy atom. The van der Waals surface area contributed by atoms with Crippen LogP contribution in [-0.4, -0.2) is 36.2 Å². The number of hydrogen-bond donors (Lipinski definition) is 3. The summed E-state index contributed by atoms with van der Waals surface area (Å²) in [5.41, 5.74) is 4.10. The van der Waals surface area contributed by atoms with Crippen LogP contribution in [0.4, 0.5) is 0 Å². The van der Waals surface area contributed by atoms with Crippen molar-refractivity contribution in [2.24, 2.45) is 0 Å². The lowest BCUT2D eigenvalue weighted by Crippen LogP contribution is -2.52. The molecule has 3 rings (SSSR count). The Bertz CT molecular complexity index is 682. The zero-order valence-electron chi connectivity index (χ0n) is 13.3. The standard InChI is InChI=1S/C19H22N2O2/c1-13-4-2-3-5-16(13)14-6-8-15(9-7-14)19(23)21-17-10-11-20-12-18(17)22/h2-9,17-18,20,22H,10-12H2,1H3,(H,21,23)/t17-,18-/m1/s1. The summed E-state index contributed by atoms with van der Waals surface area (Å²) in [4.78, 5) is 12.3. The summed E-state index contributed by atoms with van der Waals surface area (Å²) < 4.78 is 0. The first kappa shape index (κ1) is 15.7. The molecule has 0 unspecified atom stereocenters. The molecule has 3 N–H and O–H groups in total. The Hall–Kier alpha value is -2.17. The quantitative estimate of drug-likeness (QED) is 0.814. The lowest BCUT2D eigenvalue weighted by Gasteiger charge is -2.29. The molecule has 1 aliphatic rings. The number of hydrogen-bond acceptors (Lipinski definition) is 3. The van der Waals surface area contributed by atoms with Crippen LogP contribution in [0.25, 0.3) is 11.1 Å². The van der Waals surface area contributed by atoms with Crippen molar-refractivity contribution in [2.45, 2.75) is 25.5 Å². The molecular weight excluding hydrogens is 288 g/mol. The monoisotopic (exact) mass is 310 g/mol. The van der Waals surface area contributed by atoms with Crippen molar-refractivity contribution < 1.29 is 9.90 Å². The van der Waals surface area contributed by atoms with E-state index in [4.69, 9.17) is 0 Å². The Morgan fingerprint density at radius 3 is 2.61 bits per heavy atom. The van der Waals surface area contributed by atoms with E-state index in [-0.39, 0.29) is 11.9 Å². The highest BCUT2D eigenvalue weighted by atomic mass is 16.3. The molecule has 2 aromatic carbocycles. The highest BCUT2D eigenvalue weighted by Gasteiger charge is 2.24. The molecule has 1 aliphatic heterocycles. The summed E-state index contributed by atoms with van der Waals surface area (Å²) in [6.07, 6.45) is 0.215. The summed E-state index contributed by atoms with van der Waals surface area (Å²) in [5, 5.41) is 15.9. The minimum Gasteiger partial charge on any atom is -0.390 e. The Morgan fingerprint density at radius 1 is 1.17 bits per heavy atom. The van der Waals surface area contributed by atoms with E-state index < -0.39 is 6.10 Å². The van der Waals surface area contributed by atoms with Crippen LogP contribution in [0.15, 0.2) is 48.5 Å². The number of rotatable bonds is 3. The maximum Gasteiger partial charge on any atom is 0.251 e. The Kier molecular flexibility index (Phi) is 4.74. The fourth-order valence-corrected chi connectivity index (χ4v) is 2.96. The van der Waals surface area contributed by atoms with Crippen molar-refractivity contribution in [3.8, 4) is 11.1 Å². The first-order valence-corrected chi connectivity index (χ1v) is 8.01. The SMILES string of the molecule is Cc1ccccc1-c1ccc(C(=O)N[C@@H]2CCNC[C@H]2O)cc1. The molecule has 4 nitrogen and oxygen atoms in total. The molecule has 0 spiro atoms. The molecular formula is C19H22N2O2.